The molecule has 0 spiro atoms. The predicted octanol–water partition coefficient (Wildman–Crippen LogP) is 1.37. The van der Waals surface area contributed by atoms with Crippen LogP contribution in [0.1, 0.15) is 21.5 Å². The molecule has 1 aromatic heterocycles. The van der Waals surface area contributed by atoms with Crippen molar-refractivity contribution in [3.05, 3.63) is 53.3 Å². The smallest absolute Gasteiger partial charge is 0.258 e. The molecule has 0 radical (unpaired) electrons. The molecule has 1 amide bonds. The molecule has 3 rings (SSSR count). The molecule has 0 saturated carbocycles. The zero-order valence-corrected chi connectivity index (χ0v) is 10.4. The summed E-state index contributed by atoms with van der Waals surface area (Å²) in [6, 6.07) is 7.55. The molecule has 0 atom stereocenters. The highest BCUT2D eigenvalue weighted by molar-refractivity contribution is 6.04. The van der Waals surface area contributed by atoms with Crippen molar-refractivity contribution in [2.24, 2.45) is 0 Å². The Morgan fingerprint density at radius 1 is 1.21 bits per heavy atom. The third-order valence-electron chi connectivity index (χ3n) is 3.18. The van der Waals surface area contributed by atoms with Crippen molar-refractivity contribution >= 4 is 11.9 Å². The van der Waals surface area contributed by atoms with Gasteiger partial charge < -0.3 is 5.32 Å². The SMILES string of the molecule is O=C(Nc1ncccn1)c1cccc2c1CNCC2. The largest absolute Gasteiger partial charge is 0.312 e. The summed E-state index contributed by atoms with van der Waals surface area (Å²) in [6.07, 6.45) is 4.16. The van der Waals surface area contributed by atoms with Crippen LogP contribution in [0.3, 0.4) is 0 Å². The number of anilines is 1. The fourth-order valence-electron chi connectivity index (χ4n) is 2.26. The molecule has 1 aromatic carbocycles. The monoisotopic (exact) mass is 254 g/mol. The van der Waals surface area contributed by atoms with Gasteiger partial charge in [-0.25, -0.2) is 9.97 Å². The van der Waals surface area contributed by atoms with Crippen LogP contribution >= 0.6 is 0 Å². The normalized spacial score (nSPS) is 13.7. The maximum Gasteiger partial charge on any atom is 0.258 e. The molecule has 0 bridgehead atoms. The molecule has 96 valence electrons. The average molecular weight is 254 g/mol. The predicted molar refractivity (Wildman–Crippen MR) is 71.8 cm³/mol. The van der Waals surface area contributed by atoms with E-state index >= 15 is 0 Å². The van der Waals surface area contributed by atoms with Crippen LogP contribution in [-0.2, 0) is 13.0 Å². The lowest BCUT2D eigenvalue weighted by Crippen LogP contribution is -2.27. The zero-order chi connectivity index (χ0) is 13.1. The van der Waals surface area contributed by atoms with Gasteiger partial charge in [-0.2, -0.15) is 0 Å². The quantitative estimate of drug-likeness (QED) is 0.849. The van der Waals surface area contributed by atoms with E-state index in [0.29, 0.717) is 11.5 Å². The van der Waals surface area contributed by atoms with Gasteiger partial charge in [0.05, 0.1) is 0 Å². The van der Waals surface area contributed by atoms with Crippen molar-refractivity contribution in [2.75, 3.05) is 11.9 Å². The van der Waals surface area contributed by atoms with Crippen molar-refractivity contribution in [1.29, 1.82) is 0 Å². The number of nitrogens with zero attached hydrogens (tertiary/aromatic N) is 2. The van der Waals surface area contributed by atoms with Gasteiger partial charge in [0, 0.05) is 24.5 Å². The van der Waals surface area contributed by atoms with Crippen LogP contribution in [0.4, 0.5) is 5.95 Å². The maximum absolute atomic E-state index is 12.3. The standard InChI is InChI=1S/C14H14N4O/c19-13(18-14-16-6-2-7-17-14)11-4-1-3-10-5-8-15-9-12(10)11/h1-4,6-7,15H,5,8-9H2,(H,16,17,18,19). The van der Waals surface area contributed by atoms with Gasteiger partial charge in [-0.05, 0) is 36.2 Å². The first kappa shape index (κ1) is 11.8. The molecule has 5 nitrogen and oxygen atoms in total. The molecule has 5 heteroatoms. The van der Waals surface area contributed by atoms with Crippen LogP contribution in [0.5, 0.6) is 0 Å². The summed E-state index contributed by atoms with van der Waals surface area (Å²) in [6.45, 7) is 1.69. The Kier molecular flexibility index (Phi) is 3.20. The van der Waals surface area contributed by atoms with Gasteiger partial charge in [0.2, 0.25) is 5.95 Å². The van der Waals surface area contributed by atoms with Crippen LogP contribution in [0.2, 0.25) is 0 Å². The first-order valence-corrected chi connectivity index (χ1v) is 6.24. The molecule has 2 aromatic rings. The molecular formula is C14H14N4O. The highest BCUT2D eigenvalue weighted by Gasteiger charge is 2.17. The van der Waals surface area contributed by atoms with E-state index in [0.717, 1.165) is 25.1 Å². The highest BCUT2D eigenvalue weighted by atomic mass is 16.1. The molecule has 0 saturated heterocycles. The molecule has 19 heavy (non-hydrogen) atoms. The van der Waals surface area contributed by atoms with Crippen molar-refractivity contribution < 1.29 is 4.79 Å². The second kappa shape index (κ2) is 5.16. The summed E-state index contributed by atoms with van der Waals surface area (Å²) in [5.41, 5.74) is 3.00. The van der Waals surface area contributed by atoms with E-state index in [-0.39, 0.29) is 5.91 Å². The van der Waals surface area contributed by atoms with Crippen molar-refractivity contribution in [1.82, 2.24) is 15.3 Å². The molecule has 2 heterocycles. The van der Waals surface area contributed by atoms with E-state index in [2.05, 4.69) is 26.7 Å². The van der Waals surface area contributed by atoms with Crippen LogP contribution in [0.15, 0.2) is 36.7 Å². The Labute approximate surface area is 111 Å². The fourth-order valence-corrected chi connectivity index (χ4v) is 2.26. The topological polar surface area (TPSA) is 66.9 Å². The second-order valence-electron chi connectivity index (χ2n) is 4.40. The van der Waals surface area contributed by atoms with Gasteiger partial charge in [0.1, 0.15) is 0 Å². The Balaban J connectivity index is 1.88. The van der Waals surface area contributed by atoms with E-state index in [1.165, 1.54) is 5.56 Å². The minimum atomic E-state index is -0.160. The molecule has 1 aliphatic rings. The van der Waals surface area contributed by atoms with Gasteiger partial charge in [0.15, 0.2) is 0 Å². The molecular weight excluding hydrogens is 240 g/mol. The molecule has 0 fully saturated rings. The Morgan fingerprint density at radius 3 is 2.89 bits per heavy atom. The molecule has 0 aliphatic carbocycles. The average Bonchev–Trinajstić information content (AvgIpc) is 2.47. The minimum Gasteiger partial charge on any atom is -0.312 e. The number of aromatic nitrogens is 2. The molecule has 1 aliphatic heterocycles. The number of amides is 1. The third kappa shape index (κ3) is 2.46. The third-order valence-corrected chi connectivity index (χ3v) is 3.18. The van der Waals surface area contributed by atoms with Gasteiger partial charge in [-0.1, -0.05) is 12.1 Å². The second-order valence-corrected chi connectivity index (χ2v) is 4.40. The maximum atomic E-state index is 12.3. The summed E-state index contributed by atoms with van der Waals surface area (Å²) in [7, 11) is 0. The molecule has 0 unspecified atom stereocenters. The highest BCUT2D eigenvalue weighted by Crippen LogP contribution is 2.19. The number of hydrogen-bond acceptors (Lipinski definition) is 4. The fraction of sp³-hybridized carbons (Fsp3) is 0.214. The van der Waals surface area contributed by atoms with E-state index in [1.807, 2.05) is 12.1 Å². The van der Waals surface area contributed by atoms with Crippen LogP contribution in [0.25, 0.3) is 0 Å². The minimum absolute atomic E-state index is 0.160. The number of rotatable bonds is 2. The number of fused-ring (bicyclic) bond motifs is 1. The molecule has 2 N–H and O–H groups in total. The number of nitrogens with one attached hydrogen (secondary N) is 2. The number of benzene rings is 1. The lowest BCUT2D eigenvalue weighted by Gasteiger charge is -2.19. The van der Waals surface area contributed by atoms with E-state index in [1.54, 1.807) is 18.5 Å². The summed E-state index contributed by atoms with van der Waals surface area (Å²) in [4.78, 5) is 20.3. The first-order valence-electron chi connectivity index (χ1n) is 6.24. The van der Waals surface area contributed by atoms with Crippen molar-refractivity contribution in [2.45, 2.75) is 13.0 Å². The van der Waals surface area contributed by atoms with Crippen LogP contribution in [-0.4, -0.2) is 22.4 Å². The van der Waals surface area contributed by atoms with Gasteiger partial charge in [-0.15, -0.1) is 0 Å². The van der Waals surface area contributed by atoms with E-state index in [4.69, 9.17) is 0 Å². The Morgan fingerprint density at radius 2 is 2.05 bits per heavy atom. The van der Waals surface area contributed by atoms with E-state index < -0.39 is 0 Å². The summed E-state index contributed by atoms with van der Waals surface area (Å²) in [5.74, 6) is 0.167. The van der Waals surface area contributed by atoms with E-state index in [9.17, 15) is 4.79 Å². The lowest BCUT2D eigenvalue weighted by molar-refractivity contribution is 0.102. The lowest BCUT2D eigenvalue weighted by atomic mass is 9.95. The first-order chi connectivity index (χ1) is 9.34. The Bertz CT molecular complexity index is 598. The van der Waals surface area contributed by atoms with Gasteiger partial charge >= 0.3 is 0 Å². The summed E-state index contributed by atoms with van der Waals surface area (Å²) in [5, 5.41) is 6.01. The number of hydrogen-bond donors (Lipinski definition) is 2. The summed E-state index contributed by atoms with van der Waals surface area (Å²) < 4.78 is 0. The number of carbonyl (C=O) groups is 1. The van der Waals surface area contributed by atoms with Crippen LogP contribution < -0.4 is 10.6 Å². The number of carbonyl (C=O) groups excluding carboxylic acids is 1. The van der Waals surface area contributed by atoms with Crippen molar-refractivity contribution in [3.8, 4) is 0 Å². The summed E-state index contributed by atoms with van der Waals surface area (Å²) >= 11 is 0. The zero-order valence-electron chi connectivity index (χ0n) is 10.4. The Hall–Kier alpha value is -2.27. The van der Waals surface area contributed by atoms with Crippen molar-refractivity contribution in [3.63, 3.8) is 0 Å². The van der Waals surface area contributed by atoms with Gasteiger partial charge in [-0.3, -0.25) is 10.1 Å². The van der Waals surface area contributed by atoms with Gasteiger partial charge in [0.25, 0.3) is 5.91 Å². The van der Waals surface area contributed by atoms with Crippen LogP contribution in [0, 0.1) is 0 Å².